The molecule has 21 heavy (non-hydrogen) atoms. The molecule has 0 aliphatic heterocycles. The Kier molecular flexibility index (Phi) is 4.13. The van der Waals surface area contributed by atoms with Gasteiger partial charge in [-0.25, -0.2) is 14.4 Å². The first-order chi connectivity index (χ1) is 9.95. The van der Waals surface area contributed by atoms with Crippen molar-refractivity contribution in [2.75, 3.05) is 11.1 Å². The Hall–Kier alpha value is -2.96. The van der Waals surface area contributed by atoms with Crippen LogP contribution >= 0.6 is 0 Å². The molecule has 0 unspecified atom stereocenters. The number of nitrogens with zero attached hydrogens (tertiary/aromatic N) is 2. The molecule has 108 valence electrons. The van der Waals surface area contributed by atoms with Gasteiger partial charge in [-0.05, 0) is 30.7 Å². The van der Waals surface area contributed by atoms with Crippen molar-refractivity contribution in [1.82, 2.24) is 9.97 Å². The number of nitrogens with two attached hydrogens (primary N) is 1. The minimum absolute atomic E-state index is 0.177. The van der Waals surface area contributed by atoms with Crippen LogP contribution in [0, 0.1) is 6.92 Å². The van der Waals surface area contributed by atoms with Gasteiger partial charge in [-0.2, -0.15) is 0 Å². The molecule has 2 aromatic heterocycles. The molecule has 0 spiro atoms. The molecular formula is C14H13FN4O2. The van der Waals surface area contributed by atoms with Crippen molar-refractivity contribution in [2.45, 2.75) is 6.92 Å². The molecule has 0 bridgehead atoms. The zero-order valence-corrected chi connectivity index (χ0v) is 11.3. The third-order valence-corrected chi connectivity index (χ3v) is 2.45. The predicted molar refractivity (Wildman–Crippen MR) is 76.6 cm³/mol. The number of nitrogen functional groups attached to an aromatic ring is 1. The Balaban J connectivity index is 2.09. The minimum Gasteiger partial charge on any atom is -0.435 e. The fraction of sp³-hybridized carbons (Fsp3) is 0.0714. The zero-order chi connectivity index (χ0) is 15.4. The molecule has 0 aromatic carbocycles. The fourth-order valence-electron chi connectivity index (χ4n) is 1.47. The van der Waals surface area contributed by atoms with Crippen LogP contribution < -0.4 is 15.8 Å². The number of rotatable bonds is 4. The number of carbonyl (C=O) groups excluding carboxylic acids is 1. The van der Waals surface area contributed by atoms with Gasteiger partial charge in [0.2, 0.25) is 5.88 Å². The number of halogens is 1. The summed E-state index contributed by atoms with van der Waals surface area (Å²) in [7, 11) is 0. The van der Waals surface area contributed by atoms with Crippen LogP contribution in [0.1, 0.15) is 5.56 Å². The normalized spacial score (nSPS) is 10.0. The molecule has 1 amide bonds. The smallest absolute Gasteiger partial charge is 0.284 e. The molecule has 0 aliphatic carbocycles. The molecule has 0 saturated heterocycles. The number of amides is 1. The second kappa shape index (κ2) is 6.00. The van der Waals surface area contributed by atoms with Crippen molar-refractivity contribution in [2.24, 2.45) is 0 Å². The minimum atomic E-state index is -1.09. The van der Waals surface area contributed by atoms with Crippen molar-refractivity contribution in [3.8, 4) is 11.6 Å². The van der Waals surface area contributed by atoms with Crippen molar-refractivity contribution in [3.05, 3.63) is 48.6 Å². The Bertz CT molecular complexity index is 686. The third-order valence-electron chi connectivity index (χ3n) is 2.45. The summed E-state index contributed by atoms with van der Waals surface area (Å²) < 4.78 is 18.0. The van der Waals surface area contributed by atoms with E-state index in [0.717, 1.165) is 5.56 Å². The predicted octanol–water partition coefficient (Wildman–Crippen LogP) is 2.58. The summed E-state index contributed by atoms with van der Waals surface area (Å²) in [6.07, 6.45) is 2.98. The van der Waals surface area contributed by atoms with Gasteiger partial charge in [0, 0.05) is 6.20 Å². The molecule has 0 fully saturated rings. The number of carbonyl (C=O) groups is 1. The average molecular weight is 288 g/mol. The number of anilines is 2. The lowest BCUT2D eigenvalue weighted by Crippen LogP contribution is -2.12. The first kappa shape index (κ1) is 14.4. The molecule has 2 rings (SSSR count). The van der Waals surface area contributed by atoms with Crippen LogP contribution in [0.25, 0.3) is 0 Å². The molecule has 2 heterocycles. The van der Waals surface area contributed by atoms with E-state index in [4.69, 9.17) is 10.5 Å². The molecule has 0 radical (unpaired) electrons. The van der Waals surface area contributed by atoms with Gasteiger partial charge in [0.25, 0.3) is 5.91 Å². The van der Waals surface area contributed by atoms with E-state index in [1.54, 1.807) is 18.3 Å². The number of ether oxygens (including phenoxy) is 1. The summed E-state index contributed by atoms with van der Waals surface area (Å²) in [5, 5.41) is 2.23. The second-order valence-electron chi connectivity index (χ2n) is 4.25. The van der Waals surface area contributed by atoms with Gasteiger partial charge in [-0.1, -0.05) is 6.58 Å². The fourth-order valence-corrected chi connectivity index (χ4v) is 1.47. The SMILES string of the molecule is C=C(F)C(=O)Nc1ccc(Oc2ncc(C)cc2N)cn1. The Morgan fingerprint density at radius 1 is 1.38 bits per heavy atom. The highest BCUT2D eigenvalue weighted by Gasteiger charge is 2.08. The maximum Gasteiger partial charge on any atom is 0.284 e. The standard InChI is InChI=1S/C14H13FN4O2/c1-8-5-11(16)14(18-6-8)21-10-3-4-12(17-7-10)19-13(20)9(2)15/h3-7H,2,16H2,1H3,(H,17,19,20). The average Bonchev–Trinajstić information content (AvgIpc) is 2.43. The quantitative estimate of drug-likeness (QED) is 0.844. The number of aryl methyl sites for hydroxylation is 1. The highest BCUT2D eigenvalue weighted by Crippen LogP contribution is 2.25. The van der Waals surface area contributed by atoms with Gasteiger partial charge >= 0.3 is 0 Å². The largest absolute Gasteiger partial charge is 0.435 e. The molecule has 0 aliphatic rings. The van der Waals surface area contributed by atoms with E-state index in [0.29, 0.717) is 11.4 Å². The molecule has 6 nitrogen and oxygen atoms in total. The van der Waals surface area contributed by atoms with Crippen molar-refractivity contribution >= 4 is 17.4 Å². The maximum absolute atomic E-state index is 12.5. The van der Waals surface area contributed by atoms with Crippen LogP contribution in [0.2, 0.25) is 0 Å². The van der Waals surface area contributed by atoms with Gasteiger partial charge in [-0.3, -0.25) is 4.79 Å². The molecule has 2 aromatic rings. The first-order valence-corrected chi connectivity index (χ1v) is 5.97. The molecule has 3 N–H and O–H groups in total. The van der Waals surface area contributed by atoms with Gasteiger partial charge in [-0.15, -0.1) is 0 Å². The summed E-state index contributed by atoms with van der Waals surface area (Å²) in [6.45, 7) is 4.75. The lowest BCUT2D eigenvalue weighted by molar-refractivity contribution is -0.114. The summed E-state index contributed by atoms with van der Waals surface area (Å²) in [6, 6.07) is 4.74. The molecular weight excluding hydrogens is 275 g/mol. The van der Waals surface area contributed by atoms with E-state index in [2.05, 4.69) is 21.9 Å². The Morgan fingerprint density at radius 3 is 2.71 bits per heavy atom. The van der Waals surface area contributed by atoms with E-state index in [1.807, 2.05) is 6.92 Å². The van der Waals surface area contributed by atoms with Crippen LogP contribution in [0.4, 0.5) is 15.9 Å². The number of hydrogen-bond donors (Lipinski definition) is 2. The van der Waals surface area contributed by atoms with E-state index in [9.17, 15) is 9.18 Å². The Morgan fingerprint density at radius 2 is 2.14 bits per heavy atom. The van der Waals surface area contributed by atoms with Crippen molar-refractivity contribution < 1.29 is 13.9 Å². The monoisotopic (exact) mass is 288 g/mol. The maximum atomic E-state index is 12.5. The highest BCUT2D eigenvalue weighted by molar-refractivity contribution is 6.00. The summed E-state index contributed by atoms with van der Waals surface area (Å²) in [4.78, 5) is 19.1. The summed E-state index contributed by atoms with van der Waals surface area (Å²) >= 11 is 0. The van der Waals surface area contributed by atoms with E-state index in [-0.39, 0.29) is 11.7 Å². The van der Waals surface area contributed by atoms with Crippen molar-refractivity contribution in [1.29, 1.82) is 0 Å². The van der Waals surface area contributed by atoms with E-state index >= 15 is 0 Å². The zero-order valence-electron chi connectivity index (χ0n) is 11.3. The number of nitrogens with one attached hydrogen (secondary N) is 1. The van der Waals surface area contributed by atoms with Crippen molar-refractivity contribution in [3.63, 3.8) is 0 Å². The number of pyridine rings is 2. The summed E-state index contributed by atoms with van der Waals surface area (Å²) in [5.41, 5.74) is 7.10. The van der Waals surface area contributed by atoms with Crippen LogP contribution in [-0.4, -0.2) is 15.9 Å². The lowest BCUT2D eigenvalue weighted by atomic mass is 10.3. The topological polar surface area (TPSA) is 90.1 Å². The molecule has 7 heteroatoms. The van der Waals surface area contributed by atoms with Crippen LogP contribution in [-0.2, 0) is 4.79 Å². The van der Waals surface area contributed by atoms with Gasteiger partial charge in [0.05, 0.1) is 11.9 Å². The lowest BCUT2D eigenvalue weighted by Gasteiger charge is -2.08. The first-order valence-electron chi connectivity index (χ1n) is 5.97. The van der Waals surface area contributed by atoms with Gasteiger partial charge in [0.15, 0.2) is 5.83 Å². The number of aromatic nitrogens is 2. The van der Waals surface area contributed by atoms with Gasteiger partial charge < -0.3 is 15.8 Å². The second-order valence-corrected chi connectivity index (χ2v) is 4.25. The number of hydrogen-bond acceptors (Lipinski definition) is 5. The molecule has 0 atom stereocenters. The van der Waals surface area contributed by atoms with E-state index in [1.165, 1.54) is 12.3 Å². The van der Waals surface area contributed by atoms with E-state index < -0.39 is 11.7 Å². The summed E-state index contributed by atoms with van der Waals surface area (Å²) in [5.74, 6) is -1.21. The van der Waals surface area contributed by atoms with Crippen LogP contribution in [0.15, 0.2) is 43.0 Å². The van der Waals surface area contributed by atoms with Gasteiger partial charge in [0.1, 0.15) is 11.6 Å². The Labute approximate surface area is 120 Å². The molecule has 0 saturated carbocycles. The van der Waals surface area contributed by atoms with Crippen LogP contribution in [0.3, 0.4) is 0 Å². The van der Waals surface area contributed by atoms with Crippen LogP contribution in [0.5, 0.6) is 11.6 Å². The highest BCUT2D eigenvalue weighted by atomic mass is 19.1. The third kappa shape index (κ3) is 3.75.